The molecule has 0 fully saturated rings. The molecule has 2 amide bonds. The molecule has 0 bridgehead atoms. The molecule has 6 heteroatoms. The molecule has 4 nitrogen and oxygen atoms in total. The maximum Gasteiger partial charge on any atom is 0.240 e. The van der Waals surface area contributed by atoms with Gasteiger partial charge < -0.3 is 10.2 Å². The molecule has 1 N–H and O–H groups in total. The van der Waals surface area contributed by atoms with E-state index in [1.165, 1.54) is 42.2 Å². The minimum absolute atomic E-state index is 0.192. The van der Waals surface area contributed by atoms with Gasteiger partial charge in [0, 0.05) is 19.2 Å². The molecular weight excluding hydrogens is 314 g/mol. The van der Waals surface area contributed by atoms with Gasteiger partial charge in [-0.1, -0.05) is 18.2 Å². The lowest BCUT2D eigenvalue weighted by Crippen LogP contribution is -2.40. The van der Waals surface area contributed by atoms with Crippen molar-refractivity contribution in [2.24, 2.45) is 0 Å². The van der Waals surface area contributed by atoms with Crippen LogP contribution >= 0.6 is 0 Å². The van der Waals surface area contributed by atoms with Crippen molar-refractivity contribution in [2.75, 3.05) is 18.0 Å². The first-order valence-electron chi connectivity index (χ1n) is 7.50. The van der Waals surface area contributed by atoms with Gasteiger partial charge in [-0.25, -0.2) is 8.78 Å². The van der Waals surface area contributed by atoms with E-state index in [9.17, 15) is 18.4 Å². The number of nitrogens with zero attached hydrogens (tertiary/aromatic N) is 1. The molecule has 0 saturated carbocycles. The van der Waals surface area contributed by atoms with Gasteiger partial charge in [-0.15, -0.1) is 0 Å². The van der Waals surface area contributed by atoms with Crippen LogP contribution in [0.1, 0.15) is 12.5 Å². The fraction of sp³-hybridized carbons (Fsp3) is 0.222. The maximum absolute atomic E-state index is 13.3. The fourth-order valence-electron chi connectivity index (χ4n) is 2.23. The Balaban J connectivity index is 1.89. The summed E-state index contributed by atoms with van der Waals surface area (Å²) in [5.74, 6) is -1.49. The molecule has 0 aliphatic rings. The second-order valence-corrected chi connectivity index (χ2v) is 5.31. The number of hydrogen-bond acceptors (Lipinski definition) is 2. The lowest BCUT2D eigenvalue weighted by molar-refractivity contribution is -0.123. The Labute approximate surface area is 139 Å². The monoisotopic (exact) mass is 332 g/mol. The summed E-state index contributed by atoms with van der Waals surface area (Å²) < 4.78 is 26.1. The van der Waals surface area contributed by atoms with Crippen LogP contribution in [0.25, 0.3) is 0 Å². The van der Waals surface area contributed by atoms with E-state index in [0.717, 1.165) is 5.56 Å². The van der Waals surface area contributed by atoms with Crippen LogP contribution in [0.15, 0.2) is 48.5 Å². The molecule has 2 rings (SSSR count). The molecule has 0 heterocycles. The van der Waals surface area contributed by atoms with Crippen LogP contribution in [0.4, 0.5) is 14.5 Å². The summed E-state index contributed by atoms with van der Waals surface area (Å²) in [6.45, 7) is 1.48. The highest BCUT2D eigenvalue weighted by Crippen LogP contribution is 2.15. The largest absolute Gasteiger partial charge is 0.354 e. The summed E-state index contributed by atoms with van der Waals surface area (Å²) in [7, 11) is 0. The average Bonchev–Trinajstić information content (AvgIpc) is 2.54. The minimum atomic E-state index is -0.476. The van der Waals surface area contributed by atoms with Gasteiger partial charge in [-0.3, -0.25) is 9.59 Å². The number of carbonyl (C=O) groups excluding carboxylic acids is 2. The first-order chi connectivity index (χ1) is 11.5. The number of rotatable bonds is 6. The molecule has 0 aliphatic heterocycles. The molecule has 126 valence electrons. The van der Waals surface area contributed by atoms with Crippen LogP contribution in [0.5, 0.6) is 0 Å². The van der Waals surface area contributed by atoms with Crippen LogP contribution in [0, 0.1) is 11.6 Å². The number of anilines is 1. The maximum atomic E-state index is 13.3. The number of hydrogen-bond donors (Lipinski definition) is 1. The summed E-state index contributed by atoms with van der Waals surface area (Å²) in [5, 5.41) is 2.70. The van der Waals surface area contributed by atoms with Crippen LogP contribution < -0.4 is 10.2 Å². The van der Waals surface area contributed by atoms with Crippen LogP contribution in [0.2, 0.25) is 0 Å². The molecule has 0 radical (unpaired) electrons. The van der Waals surface area contributed by atoms with E-state index in [-0.39, 0.29) is 24.2 Å². The van der Waals surface area contributed by atoms with Gasteiger partial charge in [0.15, 0.2) is 0 Å². The summed E-state index contributed by atoms with van der Waals surface area (Å²) in [6.07, 6.45) is 0.548. The summed E-state index contributed by atoms with van der Waals surface area (Å²) in [5.41, 5.74) is 1.22. The summed E-state index contributed by atoms with van der Waals surface area (Å²) in [4.78, 5) is 24.9. The van der Waals surface area contributed by atoms with Gasteiger partial charge in [0.1, 0.15) is 18.2 Å². The van der Waals surface area contributed by atoms with Gasteiger partial charge in [0.25, 0.3) is 0 Å². The van der Waals surface area contributed by atoms with Crippen molar-refractivity contribution in [2.45, 2.75) is 13.3 Å². The molecule has 0 spiro atoms. The second kappa shape index (κ2) is 8.19. The third kappa shape index (κ3) is 5.15. The van der Waals surface area contributed by atoms with Crippen molar-refractivity contribution in [3.8, 4) is 0 Å². The zero-order chi connectivity index (χ0) is 17.5. The second-order valence-electron chi connectivity index (χ2n) is 5.31. The van der Waals surface area contributed by atoms with E-state index >= 15 is 0 Å². The Morgan fingerprint density at radius 1 is 1.04 bits per heavy atom. The van der Waals surface area contributed by atoms with Crippen molar-refractivity contribution in [3.63, 3.8) is 0 Å². The zero-order valence-corrected chi connectivity index (χ0v) is 13.3. The number of carbonyl (C=O) groups is 2. The lowest BCUT2D eigenvalue weighted by atomic mass is 10.1. The number of amides is 2. The number of benzene rings is 2. The Morgan fingerprint density at radius 3 is 2.38 bits per heavy atom. The standard InChI is InChI=1S/C18H18F2N2O2/c1-13(23)22(17-4-2-3-16(20)11-17)12-18(24)21-10-9-14-5-7-15(19)8-6-14/h2-8,11H,9-10,12H2,1H3,(H,21,24). The highest BCUT2D eigenvalue weighted by atomic mass is 19.1. The van der Waals surface area contributed by atoms with Crippen molar-refractivity contribution >= 4 is 17.5 Å². The average molecular weight is 332 g/mol. The highest BCUT2D eigenvalue weighted by molar-refractivity contribution is 5.97. The van der Waals surface area contributed by atoms with E-state index < -0.39 is 5.82 Å². The molecule has 0 aliphatic carbocycles. The quantitative estimate of drug-likeness (QED) is 0.884. The van der Waals surface area contributed by atoms with Gasteiger partial charge in [0.05, 0.1) is 0 Å². The van der Waals surface area contributed by atoms with E-state index in [1.807, 2.05) is 0 Å². The highest BCUT2D eigenvalue weighted by Gasteiger charge is 2.16. The smallest absolute Gasteiger partial charge is 0.240 e. The zero-order valence-electron chi connectivity index (χ0n) is 13.3. The van der Waals surface area contributed by atoms with Crippen molar-refractivity contribution in [1.29, 1.82) is 0 Å². The SMILES string of the molecule is CC(=O)N(CC(=O)NCCc1ccc(F)cc1)c1cccc(F)c1. The molecular formula is C18H18F2N2O2. The molecule has 0 saturated heterocycles. The van der Waals surface area contributed by atoms with Crippen molar-refractivity contribution in [3.05, 3.63) is 65.7 Å². The molecule has 0 atom stereocenters. The Bertz CT molecular complexity index is 717. The van der Waals surface area contributed by atoms with Crippen molar-refractivity contribution in [1.82, 2.24) is 5.32 Å². The van der Waals surface area contributed by atoms with Crippen LogP contribution in [-0.2, 0) is 16.0 Å². The predicted molar refractivity (Wildman–Crippen MR) is 87.5 cm³/mol. The third-order valence-electron chi connectivity index (χ3n) is 3.45. The van der Waals surface area contributed by atoms with E-state index in [1.54, 1.807) is 18.2 Å². The lowest BCUT2D eigenvalue weighted by Gasteiger charge is -2.20. The topological polar surface area (TPSA) is 49.4 Å². The number of nitrogens with one attached hydrogen (secondary N) is 1. The normalized spacial score (nSPS) is 10.3. The third-order valence-corrected chi connectivity index (χ3v) is 3.45. The van der Waals surface area contributed by atoms with Gasteiger partial charge >= 0.3 is 0 Å². The summed E-state index contributed by atoms with van der Waals surface area (Å²) >= 11 is 0. The van der Waals surface area contributed by atoms with E-state index in [2.05, 4.69) is 5.32 Å². The van der Waals surface area contributed by atoms with E-state index in [4.69, 9.17) is 0 Å². The molecule has 0 unspecified atom stereocenters. The van der Waals surface area contributed by atoms with Gasteiger partial charge in [0.2, 0.25) is 11.8 Å². The molecule has 2 aromatic carbocycles. The van der Waals surface area contributed by atoms with Gasteiger partial charge in [-0.2, -0.15) is 0 Å². The summed E-state index contributed by atoms with van der Waals surface area (Å²) in [6, 6.07) is 11.5. The molecule has 2 aromatic rings. The van der Waals surface area contributed by atoms with Crippen LogP contribution in [-0.4, -0.2) is 24.9 Å². The molecule has 0 aromatic heterocycles. The van der Waals surface area contributed by atoms with Crippen molar-refractivity contribution < 1.29 is 18.4 Å². The first-order valence-corrected chi connectivity index (χ1v) is 7.50. The van der Waals surface area contributed by atoms with E-state index in [0.29, 0.717) is 18.7 Å². The first kappa shape index (κ1) is 17.6. The predicted octanol–water partition coefficient (Wildman–Crippen LogP) is 2.68. The van der Waals surface area contributed by atoms with Crippen LogP contribution in [0.3, 0.4) is 0 Å². The Morgan fingerprint density at radius 2 is 1.75 bits per heavy atom. The fourth-order valence-corrected chi connectivity index (χ4v) is 2.23. The van der Waals surface area contributed by atoms with Gasteiger partial charge in [-0.05, 0) is 42.3 Å². The Kier molecular flexibility index (Phi) is 6.01. The minimum Gasteiger partial charge on any atom is -0.354 e. The molecule has 24 heavy (non-hydrogen) atoms. The Hall–Kier alpha value is -2.76. The number of halogens is 2.